The molecule has 0 spiro atoms. The molecule has 1 aromatic heterocycles. The Morgan fingerprint density at radius 3 is 2.36 bits per heavy atom. The SMILES string of the molecule is COc1ccc(OC)c(S(=O)(=O)C2CCN(c3nc(Cc4cc(C)cc(C)c4)cs3)CC2)c1. The number of hydrogen-bond acceptors (Lipinski definition) is 7. The Bertz CT molecular complexity index is 1210. The molecule has 0 bridgehead atoms. The summed E-state index contributed by atoms with van der Waals surface area (Å²) in [7, 11) is -0.521. The number of benzene rings is 2. The van der Waals surface area contributed by atoms with Crippen LogP contribution in [0, 0.1) is 13.8 Å². The highest BCUT2D eigenvalue weighted by Gasteiger charge is 2.34. The number of methoxy groups -OCH3 is 2. The second-order valence-corrected chi connectivity index (χ2v) is 11.6. The van der Waals surface area contributed by atoms with Gasteiger partial charge in [0.25, 0.3) is 0 Å². The molecule has 0 amide bonds. The molecule has 0 radical (unpaired) electrons. The van der Waals surface area contributed by atoms with Gasteiger partial charge in [0.15, 0.2) is 15.0 Å². The van der Waals surface area contributed by atoms with Crippen molar-refractivity contribution in [3.63, 3.8) is 0 Å². The molecule has 0 N–H and O–H groups in total. The van der Waals surface area contributed by atoms with Gasteiger partial charge in [-0.3, -0.25) is 0 Å². The molecule has 1 fully saturated rings. The molecule has 8 heteroatoms. The molecule has 2 heterocycles. The topological polar surface area (TPSA) is 68.7 Å². The summed E-state index contributed by atoms with van der Waals surface area (Å²) in [5, 5.41) is 2.62. The summed E-state index contributed by atoms with van der Waals surface area (Å²) in [5.41, 5.74) is 4.84. The van der Waals surface area contributed by atoms with Crippen molar-refractivity contribution in [3.8, 4) is 11.5 Å². The minimum absolute atomic E-state index is 0.202. The maximum atomic E-state index is 13.4. The van der Waals surface area contributed by atoms with Crippen molar-refractivity contribution in [1.82, 2.24) is 4.98 Å². The van der Waals surface area contributed by atoms with E-state index in [1.165, 1.54) is 30.9 Å². The first-order chi connectivity index (χ1) is 15.8. The maximum Gasteiger partial charge on any atom is 0.185 e. The molecule has 1 aliphatic heterocycles. The van der Waals surface area contributed by atoms with Crippen molar-refractivity contribution in [2.24, 2.45) is 0 Å². The van der Waals surface area contributed by atoms with Crippen LogP contribution in [0.2, 0.25) is 0 Å². The van der Waals surface area contributed by atoms with E-state index < -0.39 is 15.1 Å². The van der Waals surface area contributed by atoms with Gasteiger partial charge in [0.2, 0.25) is 0 Å². The third-order valence-electron chi connectivity index (χ3n) is 6.03. The monoisotopic (exact) mass is 486 g/mol. The highest BCUT2D eigenvalue weighted by Crippen LogP contribution is 2.35. The Kier molecular flexibility index (Phi) is 6.95. The van der Waals surface area contributed by atoms with Gasteiger partial charge in [-0.1, -0.05) is 29.3 Å². The fourth-order valence-electron chi connectivity index (χ4n) is 4.45. The van der Waals surface area contributed by atoms with Gasteiger partial charge >= 0.3 is 0 Å². The number of nitrogens with zero attached hydrogens (tertiary/aromatic N) is 2. The third-order valence-corrected chi connectivity index (χ3v) is 9.27. The summed E-state index contributed by atoms with van der Waals surface area (Å²) >= 11 is 1.63. The molecule has 0 atom stereocenters. The van der Waals surface area contributed by atoms with Crippen LogP contribution in [0.4, 0.5) is 5.13 Å². The van der Waals surface area contributed by atoms with Gasteiger partial charge in [-0.15, -0.1) is 11.3 Å². The average Bonchev–Trinajstić information content (AvgIpc) is 3.26. The van der Waals surface area contributed by atoms with E-state index in [-0.39, 0.29) is 4.90 Å². The molecule has 6 nitrogen and oxygen atoms in total. The Labute approximate surface area is 200 Å². The number of piperidine rings is 1. The van der Waals surface area contributed by atoms with Crippen LogP contribution in [-0.4, -0.2) is 46.0 Å². The number of aryl methyl sites for hydroxylation is 2. The fraction of sp³-hybridized carbons (Fsp3) is 0.400. The number of hydrogen-bond donors (Lipinski definition) is 0. The van der Waals surface area contributed by atoms with E-state index in [1.807, 2.05) is 0 Å². The van der Waals surface area contributed by atoms with Crippen LogP contribution in [0.25, 0.3) is 0 Å². The zero-order valence-electron chi connectivity index (χ0n) is 19.5. The largest absolute Gasteiger partial charge is 0.497 e. The molecule has 4 rings (SSSR count). The number of sulfone groups is 1. The number of aromatic nitrogens is 1. The number of anilines is 1. The van der Waals surface area contributed by atoms with Crippen molar-refractivity contribution < 1.29 is 17.9 Å². The molecule has 3 aromatic rings. The Hall–Kier alpha value is -2.58. The third kappa shape index (κ3) is 5.17. The van der Waals surface area contributed by atoms with E-state index in [4.69, 9.17) is 14.5 Å². The van der Waals surface area contributed by atoms with Gasteiger partial charge in [-0.05, 0) is 44.4 Å². The predicted molar refractivity (Wildman–Crippen MR) is 133 cm³/mol. The van der Waals surface area contributed by atoms with Gasteiger partial charge in [-0.2, -0.15) is 0 Å². The summed E-state index contributed by atoms with van der Waals surface area (Å²) in [4.78, 5) is 7.24. The van der Waals surface area contributed by atoms with Crippen LogP contribution in [0.1, 0.15) is 35.2 Å². The Morgan fingerprint density at radius 1 is 1.03 bits per heavy atom. The molecular weight excluding hydrogens is 456 g/mol. The number of rotatable bonds is 7. The molecular formula is C25H30N2O4S2. The van der Waals surface area contributed by atoms with Gasteiger partial charge in [0, 0.05) is 31.0 Å². The lowest BCUT2D eigenvalue weighted by Crippen LogP contribution is -2.39. The van der Waals surface area contributed by atoms with Crippen LogP contribution in [0.3, 0.4) is 0 Å². The normalized spacial score (nSPS) is 15.0. The molecule has 2 aromatic carbocycles. The second-order valence-electron chi connectivity index (χ2n) is 8.54. The first-order valence-electron chi connectivity index (χ1n) is 11.0. The lowest BCUT2D eigenvalue weighted by atomic mass is 10.0. The summed E-state index contributed by atoms with van der Waals surface area (Å²) in [5.74, 6) is 0.861. The van der Waals surface area contributed by atoms with E-state index in [0.717, 1.165) is 17.2 Å². The van der Waals surface area contributed by atoms with Gasteiger partial charge in [-0.25, -0.2) is 13.4 Å². The van der Waals surface area contributed by atoms with Crippen LogP contribution in [-0.2, 0) is 16.3 Å². The van der Waals surface area contributed by atoms with Crippen molar-refractivity contribution >= 4 is 26.3 Å². The van der Waals surface area contributed by atoms with Crippen LogP contribution in [0.5, 0.6) is 11.5 Å². The molecule has 1 aliphatic rings. The van der Waals surface area contributed by atoms with Crippen molar-refractivity contribution in [2.75, 3.05) is 32.2 Å². The second kappa shape index (κ2) is 9.73. The predicted octanol–water partition coefficient (Wildman–Crippen LogP) is 4.81. The van der Waals surface area contributed by atoms with Gasteiger partial charge in [0.05, 0.1) is 25.2 Å². The molecule has 0 unspecified atom stereocenters. The van der Waals surface area contributed by atoms with Crippen LogP contribution < -0.4 is 14.4 Å². The Morgan fingerprint density at radius 2 is 1.73 bits per heavy atom. The maximum absolute atomic E-state index is 13.4. The quantitative estimate of drug-likeness (QED) is 0.477. The average molecular weight is 487 g/mol. The van der Waals surface area contributed by atoms with Crippen LogP contribution >= 0.6 is 11.3 Å². The summed E-state index contributed by atoms with van der Waals surface area (Å²) in [6.07, 6.45) is 1.91. The van der Waals surface area contributed by atoms with Crippen LogP contribution in [0.15, 0.2) is 46.7 Å². The fourth-order valence-corrected chi connectivity index (χ4v) is 7.23. The van der Waals surface area contributed by atoms with Crippen molar-refractivity contribution in [2.45, 2.75) is 43.3 Å². The standard InChI is InChI=1S/C25H30N2O4S2/c1-17-11-18(2)13-19(12-17)14-20-16-32-25(26-20)27-9-7-22(8-10-27)33(28,29)24-15-21(30-3)5-6-23(24)31-4/h5-6,11-13,15-16,22H,7-10,14H2,1-4H3. The molecule has 1 saturated heterocycles. The van der Waals surface area contributed by atoms with Crippen molar-refractivity contribution in [1.29, 1.82) is 0 Å². The number of thiazole rings is 1. The van der Waals surface area contributed by atoms with E-state index in [9.17, 15) is 8.42 Å². The summed E-state index contributed by atoms with van der Waals surface area (Å²) in [6.45, 7) is 5.55. The minimum atomic E-state index is -3.54. The van der Waals surface area contributed by atoms with Gasteiger partial charge in [0.1, 0.15) is 16.4 Å². The van der Waals surface area contributed by atoms with E-state index in [2.05, 4.69) is 42.3 Å². The molecule has 0 aliphatic carbocycles. The highest BCUT2D eigenvalue weighted by molar-refractivity contribution is 7.92. The van der Waals surface area contributed by atoms with Gasteiger partial charge < -0.3 is 14.4 Å². The molecule has 33 heavy (non-hydrogen) atoms. The molecule has 0 saturated carbocycles. The first-order valence-corrected chi connectivity index (χ1v) is 13.4. The highest BCUT2D eigenvalue weighted by atomic mass is 32.2. The Balaban J connectivity index is 1.44. The minimum Gasteiger partial charge on any atom is -0.497 e. The lowest BCUT2D eigenvalue weighted by molar-refractivity contribution is 0.391. The summed E-state index contributed by atoms with van der Waals surface area (Å²) in [6, 6.07) is 11.5. The first kappa shape index (κ1) is 23.6. The smallest absolute Gasteiger partial charge is 0.185 e. The lowest BCUT2D eigenvalue weighted by Gasteiger charge is -2.31. The summed E-state index contributed by atoms with van der Waals surface area (Å²) < 4.78 is 37.3. The molecule has 176 valence electrons. The zero-order chi connectivity index (χ0) is 23.6. The van der Waals surface area contributed by atoms with E-state index in [0.29, 0.717) is 37.4 Å². The van der Waals surface area contributed by atoms with E-state index >= 15 is 0 Å². The van der Waals surface area contributed by atoms with E-state index in [1.54, 1.807) is 29.5 Å². The van der Waals surface area contributed by atoms with Crippen molar-refractivity contribution in [3.05, 3.63) is 64.2 Å². The zero-order valence-corrected chi connectivity index (χ0v) is 21.1. The number of ether oxygens (including phenoxy) is 2.